The summed E-state index contributed by atoms with van der Waals surface area (Å²) < 4.78 is 0. The van der Waals surface area contributed by atoms with E-state index in [1.807, 2.05) is 30.3 Å². The van der Waals surface area contributed by atoms with E-state index in [0.29, 0.717) is 17.7 Å². The molecule has 0 bridgehead atoms. The molecule has 4 N–H and O–H groups in total. The fourth-order valence-electron chi connectivity index (χ4n) is 2.30. The van der Waals surface area contributed by atoms with Crippen LogP contribution in [0.1, 0.15) is 36.2 Å². The van der Waals surface area contributed by atoms with E-state index in [1.54, 1.807) is 38.1 Å². The van der Waals surface area contributed by atoms with Crippen molar-refractivity contribution in [3.05, 3.63) is 65.7 Å². The van der Waals surface area contributed by atoms with Gasteiger partial charge < -0.3 is 10.6 Å². The topological polar surface area (TPSA) is 99.3 Å². The number of carbonyl (C=O) groups is 3. The summed E-state index contributed by atoms with van der Waals surface area (Å²) in [4.78, 5) is 35.8. The second-order valence-electron chi connectivity index (χ2n) is 6.66. The van der Waals surface area contributed by atoms with Gasteiger partial charge in [-0.05, 0) is 48.5 Å². The molecule has 0 aliphatic carbocycles. The van der Waals surface area contributed by atoms with Crippen LogP contribution in [0, 0.1) is 5.92 Å². The first kappa shape index (κ1) is 22.0. The molecule has 0 radical (unpaired) electrons. The Morgan fingerprint density at radius 3 is 2.21 bits per heavy atom. The lowest BCUT2D eigenvalue weighted by Gasteiger charge is -2.11. The first-order valence-corrected chi connectivity index (χ1v) is 9.61. The van der Waals surface area contributed by atoms with Crippen molar-refractivity contribution in [1.82, 2.24) is 16.2 Å². The molecule has 2 aromatic rings. The number of aryl methyl sites for hydroxylation is 1. The minimum atomic E-state index is -0.423. The number of amides is 3. The Labute approximate surface area is 175 Å². The number of thiocarbonyl (C=S) groups is 1. The van der Waals surface area contributed by atoms with Crippen molar-refractivity contribution < 1.29 is 14.4 Å². The van der Waals surface area contributed by atoms with E-state index in [4.69, 9.17) is 12.2 Å². The van der Waals surface area contributed by atoms with Crippen LogP contribution in [-0.2, 0) is 16.0 Å². The quantitative estimate of drug-likeness (QED) is 0.432. The fourth-order valence-corrected chi connectivity index (χ4v) is 2.47. The van der Waals surface area contributed by atoms with Gasteiger partial charge in [-0.2, -0.15) is 0 Å². The minimum absolute atomic E-state index is 0.0113. The molecule has 2 rings (SSSR count). The van der Waals surface area contributed by atoms with Crippen LogP contribution in [-0.4, -0.2) is 22.8 Å². The Morgan fingerprint density at radius 2 is 1.59 bits per heavy atom. The Kier molecular flexibility index (Phi) is 8.29. The maximum Gasteiger partial charge on any atom is 0.269 e. The van der Waals surface area contributed by atoms with Gasteiger partial charge in [-0.1, -0.05) is 44.2 Å². The monoisotopic (exact) mass is 412 g/mol. The number of hydrogen-bond acceptors (Lipinski definition) is 4. The molecule has 152 valence electrons. The summed E-state index contributed by atoms with van der Waals surface area (Å²) in [5.41, 5.74) is 6.96. The van der Waals surface area contributed by atoms with E-state index < -0.39 is 5.91 Å². The van der Waals surface area contributed by atoms with Crippen LogP contribution in [0.4, 0.5) is 5.69 Å². The van der Waals surface area contributed by atoms with E-state index in [9.17, 15) is 14.4 Å². The summed E-state index contributed by atoms with van der Waals surface area (Å²) in [5, 5.41) is 5.28. The first-order chi connectivity index (χ1) is 13.8. The zero-order valence-corrected chi connectivity index (χ0v) is 17.1. The maximum absolute atomic E-state index is 12.2. The van der Waals surface area contributed by atoms with Crippen molar-refractivity contribution in [3.63, 3.8) is 0 Å². The maximum atomic E-state index is 12.2. The van der Waals surface area contributed by atoms with Gasteiger partial charge in [0.15, 0.2) is 5.11 Å². The molecule has 2 aromatic carbocycles. The number of hydrogen-bond donors (Lipinski definition) is 4. The lowest BCUT2D eigenvalue weighted by molar-refractivity contribution is -0.120. The molecule has 0 spiro atoms. The largest absolute Gasteiger partial charge is 0.326 e. The zero-order valence-electron chi connectivity index (χ0n) is 16.3. The Bertz CT molecular complexity index is 867. The van der Waals surface area contributed by atoms with Gasteiger partial charge in [0, 0.05) is 23.6 Å². The number of rotatable bonds is 6. The molecule has 0 atom stereocenters. The SMILES string of the molecule is CC(C)C(=O)Nc1ccc(C(=O)NNC(=S)NC(=O)CCc2ccccc2)cc1. The van der Waals surface area contributed by atoms with Crippen molar-refractivity contribution in [1.29, 1.82) is 0 Å². The third-order valence-corrected chi connectivity index (χ3v) is 4.17. The van der Waals surface area contributed by atoms with Gasteiger partial charge in [0.1, 0.15) is 0 Å². The lowest BCUT2D eigenvalue weighted by atomic mass is 10.1. The van der Waals surface area contributed by atoms with Crippen LogP contribution in [0.3, 0.4) is 0 Å². The normalized spacial score (nSPS) is 10.2. The summed E-state index contributed by atoms with van der Waals surface area (Å²) in [6.07, 6.45) is 0.880. The van der Waals surface area contributed by atoms with E-state index in [-0.39, 0.29) is 29.3 Å². The third kappa shape index (κ3) is 7.71. The highest BCUT2D eigenvalue weighted by Gasteiger charge is 2.10. The van der Waals surface area contributed by atoms with Gasteiger partial charge in [-0.25, -0.2) is 0 Å². The van der Waals surface area contributed by atoms with Crippen molar-refractivity contribution in [2.75, 3.05) is 5.32 Å². The van der Waals surface area contributed by atoms with E-state index in [0.717, 1.165) is 5.56 Å². The fraction of sp³-hybridized carbons (Fsp3) is 0.238. The van der Waals surface area contributed by atoms with Crippen LogP contribution in [0.25, 0.3) is 0 Å². The standard InChI is InChI=1S/C21H24N4O3S/c1-14(2)19(27)22-17-11-9-16(10-12-17)20(28)24-25-21(29)23-18(26)13-8-15-6-4-3-5-7-15/h3-7,9-12,14H,8,13H2,1-2H3,(H,22,27)(H,24,28)(H2,23,25,26,29). The van der Waals surface area contributed by atoms with E-state index in [2.05, 4.69) is 21.5 Å². The van der Waals surface area contributed by atoms with Crippen LogP contribution in [0.2, 0.25) is 0 Å². The molecule has 0 heterocycles. The third-order valence-electron chi connectivity index (χ3n) is 3.97. The van der Waals surface area contributed by atoms with Crippen LogP contribution >= 0.6 is 12.2 Å². The van der Waals surface area contributed by atoms with Gasteiger partial charge in [0.05, 0.1) is 0 Å². The summed E-state index contributed by atoms with van der Waals surface area (Å²) in [7, 11) is 0. The molecule has 0 fully saturated rings. The van der Waals surface area contributed by atoms with E-state index in [1.165, 1.54) is 0 Å². The summed E-state index contributed by atoms with van der Waals surface area (Å²) in [6.45, 7) is 3.60. The van der Waals surface area contributed by atoms with Gasteiger partial charge in [0.2, 0.25) is 11.8 Å². The van der Waals surface area contributed by atoms with Crippen LogP contribution < -0.4 is 21.5 Å². The minimum Gasteiger partial charge on any atom is -0.326 e. The lowest BCUT2D eigenvalue weighted by Crippen LogP contribution is -2.48. The molecule has 3 amide bonds. The second-order valence-corrected chi connectivity index (χ2v) is 7.07. The number of hydrazine groups is 1. The predicted molar refractivity (Wildman–Crippen MR) is 116 cm³/mol. The first-order valence-electron chi connectivity index (χ1n) is 9.20. The molecule has 0 saturated heterocycles. The molecular weight excluding hydrogens is 388 g/mol. The molecular formula is C21H24N4O3S. The molecule has 0 unspecified atom stereocenters. The number of benzene rings is 2. The van der Waals surface area contributed by atoms with Crippen molar-refractivity contribution in [3.8, 4) is 0 Å². The summed E-state index contributed by atoms with van der Waals surface area (Å²) in [5.74, 6) is -0.901. The molecule has 0 aromatic heterocycles. The van der Waals surface area contributed by atoms with Crippen molar-refractivity contribution >= 4 is 40.7 Å². The average Bonchev–Trinajstić information content (AvgIpc) is 2.71. The molecule has 29 heavy (non-hydrogen) atoms. The van der Waals surface area contributed by atoms with Crippen molar-refractivity contribution in [2.24, 2.45) is 5.92 Å². The Balaban J connectivity index is 1.74. The number of carbonyl (C=O) groups excluding carboxylic acids is 3. The second kappa shape index (κ2) is 10.9. The Morgan fingerprint density at radius 1 is 0.931 bits per heavy atom. The van der Waals surface area contributed by atoms with Gasteiger partial charge in [0.25, 0.3) is 5.91 Å². The highest BCUT2D eigenvalue weighted by Crippen LogP contribution is 2.11. The Hall–Kier alpha value is -3.26. The summed E-state index contributed by atoms with van der Waals surface area (Å²) >= 11 is 5.02. The molecule has 0 aliphatic heterocycles. The number of anilines is 1. The molecule has 7 nitrogen and oxygen atoms in total. The zero-order chi connectivity index (χ0) is 21.2. The predicted octanol–water partition coefficient (Wildman–Crippen LogP) is 2.55. The van der Waals surface area contributed by atoms with Crippen LogP contribution in [0.15, 0.2) is 54.6 Å². The van der Waals surface area contributed by atoms with Crippen molar-refractivity contribution in [2.45, 2.75) is 26.7 Å². The van der Waals surface area contributed by atoms with Gasteiger partial charge >= 0.3 is 0 Å². The summed E-state index contributed by atoms with van der Waals surface area (Å²) in [6, 6.07) is 16.1. The molecule has 8 heteroatoms. The van der Waals surface area contributed by atoms with Crippen LogP contribution in [0.5, 0.6) is 0 Å². The number of nitrogens with one attached hydrogen (secondary N) is 4. The average molecular weight is 413 g/mol. The smallest absolute Gasteiger partial charge is 0.269 e. The van der Waals surface area contributed by atoms with Gasteiger partial charge in [-0.3, -0.25) is 25.2 Å². The molecule has 0 saturated carbocycles. The van der Waals surface area contributed by atoms with Gasteiger partial charge in [-0.15, -0.1) is 0 Å². The highest BCUT2D eigenvalue weighted by molar-refractivity contribution is 7.80. The van der Waals surface area contributed by atoms with E-state index >= 15 is 0 Å². The highest BCUT2D eigenvalue weighted by atomic mass is 32.1. The molecule has 0 aliphatic rings.